The zero-order valence-corrected chi connectivity index (χ0v) is 12.6. The summed E-state index contributed by atoms with van der Waals surface area (Å²) in [5.41, 5.74) is -0.190. The minimum absolute atomic E-state index is 0.147. The van der Waals surface area contributed by atoms with Crippen LogP contribution in [0.1, 0.15) is 12.0 Å². The largest absolute Gasteiger partial charge is 0.388 e. The van der Waals surface area contributed by atoms with Crippen LogP contribution in [0.5, 0.6) is 5.75 Å². The molecule has 118 valence electrons. The quantitative estimate of drug-likeness (QED) is 0.782. The molecule has 0 aliphatic rings. The molecule has 0 saturated carbocycles. The lowest BCUT2D eigenvalue weighted by molar-refractivity contribution is 0.151. The molecule has 5 nitrogen and oxygen atoms in total. The molecular weight excluding hydrogens is 336 g/mol. The van der Waals surface area contributed by atoms with Crippen LogP contribution in [-0.2, 0) is 26.6 Å². The molecule has 0 radical (unpaired) electrons. The molecule has 2 aromatic rings. The summed E-state index contributed by atoms with van der Waals surface area (Å²) >= 11 is -4.07. The van der Waals surface area contributed by atoms with E-state index < -0.39 is 28.8 Å². The third-order valence-electron chi connectivity index (χ3n) is 2.42. The first-order valence-electron chi connectivity index (χ1n) is 5.94. The van der Waals surface area contributed by atoms with Gasteiger partial charge in [0.05, 0.1) is 4.90 Å². The summed E-state index contributed by atoms with van der Waals surface area (Å²) in [5, 5.41) is 0. The number of alkyl halides is 2. The van der Waals surface area contributed by atoms with Crippen molar-refractivity contribution in [1.29, 1.82) is 0 Å². The standard InChI is InChI=1S/C13H11F2NO4S2/c14-13(15)10-6-8-12(9-7-10)21(17)20-16-22(18)19-11-4-2-1-3-5-11/h1-9,13,16H. The summed E-state index contributed by atoms with van der Waals surface area (Å²) in [6.45, 7) is 0. The highest BCUT2D eigenvalue weighted by molar-refractivity contribution is 7.82. The number of rotatable bonds is 7. The zero-order valence-electron chi connectivity index (χ0n) is 11.0. The van der Waals surface area contributed by atoms with E-state index in [9.17, 15) is 17.2 Å². The van der Waals surface area contributed by atoms with E-state index in [-0.39, 0.29) is 10.5 Å². The van der Waals surface area contributed by atoms with Gasteiger partial charge in [-0.2, -0.15) is 8.49 Å². The number of hydrogen-bond donors (Lipinski definition) is 1. The fourth-order valence-corrected chi connectivity index (χ4v) is 2.66. The van der Waals surface area contributed by atoms with Gasteiger partial charge >= 0.3 is 11.3 Å². The molecule has 2 rings (SSSR count). The van der Waals surface area contributed by atoms with Crippen molar-refractivity contribution in [3.8, 4) is 5.75 Å². The molecule has 0 heterocycles. The van der Waals surface area contributed by atoms with E-state index in [2.05, 4.69) is 4.28 Å². The fraction of sp³-hybridized carbons (Fsp3) is 0.0769. The van der Waals surface area contributed by atoms with Crippen LogP contribution in [0.25, 0.3) is 0 Å². The van der Waals surface area contributed by atoms with E-state index in [1.54, 1.807) is 30.3 Å². The first kappa shape index (κ1) is 16.7. The maximum absolute atomic E-state index is 12.4. The van der Waals surface area contributed by atoms with Gasteiger partial charge in [-0.05, 0) is 24.3 Å². The van der Waals surface area contributed by atoms with E-state index in [0.717, 1.165) is 12.1 Å². The van der Waals surface area contributed by atoms with Crippen LogP contribution in [0.2, 0.25) is 0 Å². The van der Waals surface area contributed by atoms with Crippen molar-refractivity contribution in [3.63, 3.8) is 0 Å². The molecular formula is C13H11F2NO4S2. The minimum atomic E-state index is -2.60. The molecule has 0 aliphatic heterocycles. The lowest BCUT2D eigenvalue weighted by atomic mass is 10.2. The number of benzene rings is 2. The van der Waals surface area contributed by atoms with Crippen LogP contribution in [0.15, 0.2) is 59.5 Å². The highest BCUT2D eigenvalue weighted by Crippen LogP contribution is 2.20. The summed E-state index contributed by atoms with van der Waals surface area (Å²) in [7, 11) is 0. The molecule has 0 fully saturated rings. The van der Waals surface area contributed by atoms with Crippen molar-refractivity contribution in [2.24, 2.45) is 0 Å². The van der Waals surface area contributed by atoms with Gasteiger partial charge < -0.3 is 4.18 Å². The molecule has 0 bridgehead atoms. The normalized spacial score (nSPS) is 13.8. The van der Waals surface area contributed by atoms with Gasteiger partial charge in [0, 0.05) is 5.56 Å². The Morgan fingerprint density at radius 3 is 2.18 bits per heavy atom. The van der Waals surface area contributed by atoms with Gasteiger partial charge in [0.1, 0.15) is 5.75 Å². The Bertz CT molecular complexity index is 653. The van der Waals surface area contributed by atoms with Gasteiger partial charge in [0.2, 0.25) is 11.1 Å². The lowest BCUT2D eigenvalue weighted by Gasteiger charge is -2.06. The predicted octanol–water partition coefficient (Wildman–Crippen LogP) is 2.83. The molecule has 9 heteroatoms. The number of halogens is 2. The van der Waals surface area contributed by atoms with Gasteiger partial charge in [0.15, 0.2) is 0 Å². The lowest BCUT2D eigenvalue weighted by Crippen LogP contribution is -2.23. The number of nitrogens with one attached hydrogen (secondary N) is 1. The second-order valence-electron chi connectivity index (χ2n) is 3.90. The maximum atomic E-state index is 12.4. The fourth-order valence-electron chi connectivity index (χ4n) is 1.41. The molecule has 2 unspecified atom stereocenters. The Morgan fingerprint density at radius 1 is 0.955 bits per heavy atom. The van der Waals surface area contributed by atoms with Crippen LogP contribution in [0.4, 0.5) is 8.78 Å². The van der Waals surface area contributed by atoms with Crippen LogP contribution < -0.4 is 9.07 Å². The third-order valence-corrected chi connectivity index (χ3v) is 3.98. The third kappa shape index (κ3) is 4.95. The Balaban J connectivity index is 1.85. The van der Waals surface area contributed by atoms with E-state index >= 15 is 0 Å². The Labute approximate surface area is 130 Å². The van der Waals surface area contributed by atoms with Gasteiger partial charge in [-0.1, -0.05) is 35.2 Å². The molecule has 1 N–H and O–H groups in total. The Kier molecular flexibility index (Phi) is 6.13. The monoisotopic (exact) mass is 347 g/mol. The maximum Gasteiger partial charge on any atom is 0.313 e. The van der Waals surface area contributed by atoms with E-state index in [1.165, 1.54) is 12.1 Å². The second kappa shape index (κ2) is 8.08. The highest BCUT2D eigenvalue weighted by Gasteiger charge is 2.11. The first-order chi connectivity index (χ1) is 10.6. The van der Waals surface area contributed by atoms with E-state index in [1.807, 2.05) is 4.89 Å². The van der Waals surface area contributed by atoms with Crippen molar-refractivity contribution in [1.82, 2.24) is 4.89 Å². The van der Waals surface area contributed by atoms with Gasteiger partial charge in [0.25, 0.3) is 6.43 Å². The average molecular weight is 347 g/mol. The predicted molar refractivity (Wildman–Crippen MR) is 77.2 cm³/mol. The summed E-state index contributed by atoms with van der Waals surface area (Å²) < 4.78 is 57.6. The summed E-state index contributed by atoms with van der Waals surface area (Å²) in [6, 6.07) is 13.1. The molecule has 0 aromatic heterocycles. The molecule has 22 heavy (non-hydrogen) atoms. The van der Waals surface area contributed by atoms with Gasteiger partial charge in [-0.25, -0.2) is 13.0 Å². The molecule has 0 amide bonds. The van der Waals surface area contributed by atoms with Crippen molar-refractivity contribution >= 4 is 22.3 Å². The van der Waals surface area contributed by atoms with Crippen molar-refractivity contribution in [3.05, 3.63) is 60.2 Å². The topological polar surface area (TPSA) is 64.6 Å². The molecule has 2 atom stereocenters. The van der Waals surface area contributed by atoms with Crippen LogP contribution >= 0.6 is 0 Å². The average Bonchev–Trinajstić information content (AvgIpc) is 2.53. The summed E-state index contributed by atoms with van der Waals surface area (Å²) in [5.74, 6) is 0.337. The van der Waals surface area contributed by atoms with Gasteiger partial charge in [-0.3, -0.25) is 0 Å². The highest BCUT2D eigenvalue weighted by atomic mass is 32.2. The smallest absolute Gasteiger partial charge is 0.313 e. The van der Waals surface area contributed by atoms with Crippen LogP contribution in [-0.4, -0.2) is 8.42 Å². The van der Waals surface area contributed by atoms with Gasteiger partial charge in [-0.15, -0.1) is 0 Å². The number of para-hydroxylation sites is 1. The molecule has 0 saturated heterocycles. The minimum Gasteiger partial charge on any atom is -0.388 e. The second-order valence-corrected chi connectivity index (χ2v) is 5.81. The summed E-state index contributed by atoms with van der Waals surface area (Å²) in [6.07, 6.45) is -2.60. The number of hydrogen-bond acceptors (Lipinski definition) is 4. The van der Waals surface area contributed by atoms with E-state index in [0.29, 0.717) is 5.75 Å². The van der Waals surface area contributed by atoms with E-state index in [4.69, 9.17) is 4.18 Å². The SMILES string of the molecule is O=S(NOS(=O)c1ccc(C(F)F)cc1)Oc1ccccc1. The van der Waals surface area contributed by atoms with Crippen molar-refractivity contribution in [2.45, 2.75) is 11.3 Å². The molecule has 0 spiro atoms. The van der Waals surface area contributed by atoms with Crippen LogP contribution in [0.3, 0.4) is 0 Å². The molecule has 2 aromatic carbocycles. The first-order valence-corrected chi connectivity index (χ1v) is 8.09. The zero-order chi connectivity index (χ0) is 15.9. The Morgan fingerprint density at radius 2 is 1.59 bits per heavy atom. The van der Waals surface area contributed by atoms with Crippen molar-refractivity contribution in [2.75, 3.05) is 0 Å². The summed E-state index contributed by atoms with van der Waals surface area (Å²) in [4.78, 5) is 2.12. The Hall–Kier alpha value is -1.68. The van der Waals surface area contributed by atoms with Crippen LogP contribution in [0, 0.1) is 0 Å². The molecule has 0 aliphatic carbocycles. The van der Waals surface area contributed by atoms with Crippen molar-refractivity contribution < 1.29 is 25.7 Å².